The first-order valence-corrected chi connectivity index (χ1v) is 10.4. The second kappa shape index (κ2) is 7.65. The summed E-state index contributed by atoms with van der Waals surface area (Å²) in [7, 11) is 0. The third kappa shape index (κ3) is 3.77. The van der Waals surface area contributed by atoms with Crippen molar-refractivity contribution in [3.8, 4) is 0 Å². The molecule has 144 valence electrons. The van der Waals surface area contributed by atoms with Crippen molar-refractivity contribution < 1.29 is 0 Å². The van der Waals surface area contributed by atoms with Crippen LogP contribution in [0.5, 0.6) is 0 Å². The molecule has 0 aromatic heterocycles. The number of benzene rings is 4. The van der Waals surface area contributed by atoms with Gasteiger partial charge in [-0.25, -0.2) is 0 Å². The maximum atomic E-state index is 2.32. The average molecular weight is 385 g/mol. The smallest absolute Gasteiger partial charge is 0.00259 e. The predicted molar refractivity (Wildman–Crippen MR) is 130 cm³/mol. The lowest BCUT2D eigenvalue weighted by Gasteiger charge is -1.98. The quantitative estimate of drug-likeness (QED) is 0.294. The van der Waals surface area contributed by atoms with E-state index in [4.69, 9.17) is 0 Å². The van der Waals surface area contributed by atoms with Crippen LogP contribution in [0.3, 0.4) is 0 Å². The molecule has 4 aromatic rings. The molecule has 0 N–H and O–H groups in total. The average Bonchev–Trinajstić information content (AvgIpc) is 3.47. The van der Waals surface area contributed by atoms with Gasteiger partial charge in [-0.2, -0.15) is 0 Å². The van der Waals surface area contributed by atoms with Gasteiger partial charge in [0.05, 0.1) is 0 Å². The Hall–Kier alpha value is -3.64. The van der Waals surface area contributed by atoms with Gasteiger partial charge in [-0.05, 0) is 70.2 Å². The molecule has 0 aliphatic heterocycles. The van der Waals surface area contributed by atoms with Gasteiger partial charge in [-0.3, -0.25) is 0 Å². The molecule has 0 nitrogen and oxygen atoms in total. The maximum Gasteiger partial charge on any atom is -0.00259 e. The van der Waals surface area contributed by atoms with Crippen LogP contribution in [0.15, 0.2) is 103 Å². The van der Waals surface area contributed by atoms with Crippen molar-refractivity contribution in [3.63, 3.8) is 0 Å². The van der Waals surface area contributed by atoms with E-state index in [2.05, 4.69) is 123 Å². The van der Waals surface area contributed by atoms with Gasteiger partial charge in [0.25, 0.3) is 0 Å². The molecule has 0 saturated carbocycles. The van der Waals surface area contributed by atoms with E-state index >= 15 is 0 Å². The van der Waals surface area contributed by atoms with Crippen LogP contribution in [0.1, 0.15) is 33.4 Å². The number of hydrogen-bond acceptors (Lipinski definition) is 0. The van der Waals surface area contributed by atoms with Crippen LogP contribution >= 0.6 is 0 Å². The van der Waals surface area contributed by atoms with Crippen molar-refractivity contribution in [2.75, 3.05) is 0 Å². The summed E-state index contributed by atoms with van der Waals surface area (Å²) in [6, 6.07) is 30.6. The van der Waals surface area contributed by atoms with E-state index in [0.717, 1.165) is 0 Å². The van der Waals surface area contributed by atoms with Gasteiger partial charge in [0.15, 0.2) is 0 Å². The van der Waals surface area contributed by atoms with Crippen LogP contribution < -0.4 is 0 Å². The van der Waals surface area contributed by atoms with Gasteiger partial charge >= 0.3 is 0 Å². The maximum absolute atomic E-state index is 2.32. The standard InChI is InChI=1S/C30H24/c1-21-7-11-23(12-8-21)15-17-25(18-16-24-13-9-22(2)10-14-24)30-28-19-26-5-3-4-6-27(26)20-29(28)30/h3-20H,1-2H3/b17-15+,18-16+. The lowest BCUT2D eigenvalue weighted by atomic mass is 10.1. The highest BCUT2D eigenvalue weighted by atomic mass is 14.3. The highest BCUT2D eigenvalue weighted by Crippen LogP contribution is 2.47. The number of fused-ring (bicyclic) bond motifs is 2. The Labute approximate surface area is 178 Å². The van der Waals surface area contributed by atoms with Gasteiger partial charge in [0.1, 0.15) is 0 Å². The molecule has 1 aliphatic rings. The molecule has 4 aromatic carbocycles. The first-order chi connectivity index (χ1) is 14.7. The normalized spacial score (nSPS) is 12.7. The molecule has 0 unspecified atom stereocenters. The first-order valence-electron chi connectivity index (χ1n) is 10.4. The SMILES string of the molecule is Cc1ccc(/C=C/C(/C=C/c2ccc(C)cc2)=C2c3cc4ccccc4cc32)cc1. The molecule has 30 heavy (non-hydrogen) atoms. The zero-order valence-corrected chi connectivity index (χ0v) is 17.4. The Morgan fingerprint density at radius 3 is 1.43 bits per heavy atom. The van der Waals surface area contributed by atoms with E-state index < -0.39 is 0 Å². The monoisotopic (exact) mass is 384 g/mol. The van der Waals surface area contributed by atoms with Crippen LogP contribution in [0.25, 0.3) is 28.5 Å². The van der Waals surface area contributed by atoms with E-state index in [-0.39, 0.29) is 0 Å². The van der Waals surface area contributed by atoms with Crippen molar-refractivity contribution in [3.05, 3.63) is 136 Å². The van der Waals surface area contributed by atoms with Gasteiger partial charge in [0, 0.05) is 0 Å². The minimum absolute atomic E-state index is 1.22. The largest absolute Gasteiger partial charge is 0.0616 e. The molecule has 0 radical (unpaired) electrons. The Kier molecular flexibility index (Phi) is 4.69. The molecule has 0 saturated heterocycles. The second-order valence-corrected chi connectivity index (χ2v) is 8.06. The minimum atomic E-state index is 1.22. The molecule has 0 bridgehead atoms. The topological polar surface area (TPSA) is 0 Å². The summed E-state index contributed by atoms with van der Waals surface area (Å²) in [6.07, 6.45) is 8.91. The van der Waals surface area contributed by atoms with Crippen LogP contribution in [-0.2, 0) is 0 Å². The van der Waals surface area contributed by atoms with E-state index in [0.29, 0.717) is 0 Å². The summed E-state index contributed by atoms with van der Waals surface area (Å²) in [5, 5.41) is 2.60. The van der Waals surface area contributed by atoms with Gasteiger partial charge in [0.2, 0.25) is 0 Å². The van der Waals surface area contributed by atoms with Crippen molar-refractivity contribution >= 4 is 28.5 Å². The Morgan fingerprint density at radius 2 is 1.00 bits per heavy atom. The molecule has 1 aliphatic carbocycles. The summed E-state index contributed by atoms with van der Waals surface area (Å²) in [6.45, 7) is 4.24. The highest BCUT2D eigenvalue weighted by molar-refractivity contribution is 6.09. The van der Waals surface area contributed by atoms with Crippen molar-refractivity contribution in [2.45, 2.75) is 13.8 Å². The van der Waals surface area contributed by atoms with Gasteiger partial charge < -0.3 is 0 Å². The van der Waals surface area contributed by atoms with Gasteiger partial charge in [-0.15, -0.1) is 0 Å². The fraction of sp³-hybridized carbons (Fsp3) is 0.0667. The van der Waals surface area contributed by atoms with E-state index in [1.807, 2.05) is 0 Å². The fourth-order valence-electron chi connectivity index (χ4n) is 3.86. The molecule has 0 fully saturated rings. The van der Waals surface area contributed by atoms with Gasteiger partial charge in [-0.1, -0.05) is 108 Å². The molecule has 5 rings (SSSR count). The summed E-state index contributed by atoms with van der Waals surface area (Å²) < 4.78 is 0. The van der Waals surface area contributed by atoms with Crippen molar-refractivity contribution in [2.24, 2.45) is 0 Å². The third-order valence-corrected chi connectivity index (χ3v) is 5.72. The van der Waals surface area contributed by atoms with E-state index in [1.54, 1.807) is 0 Å². The molecular weight excluding hydrogens is 360 g/mol. The summed E-state index contributed by atoms with van der Waals surface area (Å²) >= 11 is 0. The lowest BCUT2D eigenvalue weighted by Crippen LogP contribution is -1.77. The fourth-order valence-corrected chi connectivity index (χ4v) is 3.86. The molecule has 0 heteroatoms. The Balaban J connectivity index is 1.55. The number of aryl methyl sites for hydroxylation is 2. The summed E-state index contributed by atoms with van der Waals surface area (Å²) in [4.78, 5) is 0. The number of rotatable bonds is 4. The summed E-state index contributed by atoms with van der Waals surface area (Å²) in [5.41, 5.74) is 10.4. The zero-order chi connectivity index (χ0) is 20.5. The van der Waals surface area contributed by atoms with E-state index in [1.165, 1.54) is 55.3 Å². The molecule has 0 heterocycles. The second-order valence-electron chi connectivity index (χ2n) is 8.06. The van der Waals surface area contributed by atoms with Crippen molar-refractivity contribution in [1.29, 1.82) is 0 Å². The van der Waals surface area contributed by atoms with Crippen LogP contribution in [0, 0.1) is 13.8 Å². The highest BCUT2D eigenvalue weighted by Gasteiger charge is 2.27. The van der Waals surface area contributed by atoms with Crippen LogP contribution in [-0.4, -0.2) is 0 Å². The number of hydrogen-bond donors (Lipinski definition) is 0. The lowest BCUT2D eigenvalue weighted by molar-refractivity contribution is 1.46. The molecule has 0 spiro atoms. The molecule has 0 amide bonds. The van der Waals surface area contributed by atoms with Crippen molar-refractivity contribution in [1.82, 2.24) is 0 Å². The van der Waals surface area contributed by atoms with Crippen LogP contribution in [0.2, 0.25) is 0 Å². The molecular formula is C30H24. The summed E-state index contributed by atoms with van der Waals surface area (Å²) in [5.74, 6) is 0. The first kappa shape index (κ1) is 18.4. The molecule has 0 atom stereocenters. The Bertz CT molecular complexity index is 1210. The number of allylic oxidation sites excluding steroid dienone is 3. The Morgan fingerprint density at radius 1 is 0.567 bits per heavy atom. The van der Waals surface area contributed by atoms with Crippen LogP contribution in [0.4, 0.5) is 0 Å². The minimum Gasteiger partial charge on any atom is -0.0616 e. The third-order valence-electron chi connectivity index (χ3n) is 5.72. The zero-order valence-electron chi connectivity index (χ0n) is 17.4. The predicted octanol–water partition coefficient (Wildman–Crippen LogP) is 8.00. The van der Waals surface area contributed by atoms with E-state index in [9.17, 15) is 0 Å².